The molecule has 1 heterocycles. The summed E-state index contributed by atoms with van der Waals surface area (Å²) in [6, 6.07) is 33.0. The van der Waals surface area contributed by atoms with E-state index in [1.165, 1.54) is 16.7 Å². The normalized spacial score (nSPS) is 12.4. The maximum Gasteiger partial charge on any atom is 0.323 e. The van der Waals surface area contributed by atoms with Crippen LogP contribution in [0.4, 0.5) is 21.9 Å². The first-order chi connectivity index (χ1) is 18.2. The van der Waals surface area contributed by atoms with Gasteiger partial charge in [-0.15, -0.1) is 0 Å². The minimum atomic E-state index is -0.360. The quantitative estimate of drug-likeness (QED) is 0.304. The number of carbonyl (C=O) groups is 2. The highest BCUT2D eigenvalue weighted by Crippen LogP contribution is 2.29. The van der Waals surface area contributed by atoms with E-state index in [2.05, 4.69) is 57.2 Å². The summed E-state index contributed by atoms with van der Waals surface area (Å²) in [5.74, 6) is -0.156. The van der Waals surface area contributed by atoms with Crippen molar-refractivity contribution in [3.05, 3.63) is 125 Å². The third-order valence-electron chi connectivity index (χ3n) is 6.54. The maximum absolute atomic E-state index is 13.4. The van der Waals surface area contributed by atoms with Crippen LogP contribution in [0.3, 0.4) is 0 Å². The molecule has 0 radical (unpaired) electrons. The molecule has 0 aliphatic carbocycles. The first-order valence-electron chi connectivity index (χ1n) is 12.6. The summed E-state index contributed by atoms with van der Waals surface area (Å²) in [4.78, 5) is 28.2. The summed E-state index contributed by atoms with van der Waals surface area (Å²) in [7, 11) is 0. The summed E-state index contributed by atoms with van der Waals surface area (Å²) >= 11 is 0. The number of hydrogen-bond acceptors (Lipinski definition) is 3. The number of para-hydroxylation sites is 1. The van der Waals surface area contributed by atoms with Crippen LogP contribution in [0.25, 0.3) is 0 Å². The van der Waals surface area contributed by atoms with E-state index in [4.69, 9.17) is 0 Å². The minimum Gasteiger partial charge on any atom is -0.366 e. The molecule has 6 nitrogen and oxygen atoms in total. The fourth-order valence-corrected chi connectivity index (χ4v) is 4.65. The lowest BCUT2D eigenvalue weighted by atomic mass is 9.98. The van der Waals surface area contributed by atoms with Gasteiger partial charge in [0.05, 0.1) is 5.56 Å². The molecule has 1 aliphatic rings. The lowest BCUT2D eigenvalue weighted by molar-refractivity contribution is 0.0954. The lowest BCUT2D eigenvalue weighted by Gasteiger charge is -2.32. The molecule has 6 heteroatoms. The second kappa shape index (κ2) is 11.4. The Morgan fingerprint density at radius 1 is 0.730 bits per heavy atom. The van der Waals surface area contributed by atoms with Crippen molar-refractivity contribution in [3.8, 4) is 0 Å². The third kappa shape index (κ3) is 6.16. The summed E-state index contributed by atoms with van der Waals surface area (Å²) in [6.45, 7) is 2.08. The number of nitrogens with one attached hydrogen (secondary N) is 3. The van der Waals surface area contributed by atoms with Crippen molar-refractivity contribution >= 4 is 29.0 Å². The predicted molar refractivity (Wildman–Crippen MR) is 149 cm³/mol. The molecule has 0 bridgehead atoms. The first kappa shape index (κ1) is 24.1. The number of amides is 3. The molecule has 0 aromatic heterocycles. The van der Waals surface area contributed by atoms with Crippen LogP contribution in [0.1, 0.15) is 27.0 Å². The molecule has 1 aliphatic heterocycles. The summed E-state index contributed by atoms with van der Waals surface area (Å²) in [6.07, 6.45) is 1.67. The number of fused-ring (bicyclic) bond motifs is 1. The van der Waals surface area contributed by atoms with Crippen LogP contribution >= 0.6 is 0 Å². The van der Waals surface area contributed by atoms with E-state index in [9.17, 15) is 9.59 Å². The Hall–Kier alpha value is -4.58. The van der Waals surface area contributed by atoms with Gasteiger partial charge in [-0.05, 0) is 59.9 Å². The number of hydrogen-bond donors (Lipinski definition) is 3. The average molecular weight is 491 g/mol. The van der Waals surface area contributed by atoms with E-state index >= 15 is 0 Å². The van der Waals surface area contributed by atoms with Gasteiger partial charge in [-0.25, -0.2) is 4.79 Å². The molecule has 0 unspecified atom stereocenters. The second-order valence-corrected chi connectivity index (χ2v) is 9.11. The van der Waals surface area contributed by atoms with Crippen molar-refractivity contribution in [2.75, 3.05) is 28.6 Å². The zero-order valence-electron chi connectivity index (χ0n) is 20.6. The molecule has 0 spiro atoms. The molecule has 3 N–H and O–H groups in total. The van der Waals surface area contributed by atoms with Crippen molar-refractivity contribution in [1.82, 2.24) is 5.32 Å². The molecule has 0 atom stereocenters. The van der Waals surface area contributed by atoms with Gasteiger partial charge in [-0.3, -0.25) is 4.79 Å². The van der Waals surface area contributed by atoms with Gasteiger partial charge < -0.3 is 20.9 Å². The molecular weight excluding hydrogens is 460 g/mol. The molecule has 4 aromatic carbocycles. The largest absolute Gasteiger partial charge is 0.366 e. The fraction of sp³-hybridized carbons (Fsp3) is 0.161. The van der Waals surface area contributed by atoms with Crippen LogP contribution in [-0.2, 0) is 19.4 Å². The highest BCUT2D eigenvalue weighted by Gasteiger charge is 2.22. The van der Waals surface area contributed by atoms with E-state index in [1.54, 1.807) is 6.07 Å². The van der Waals surface area contributed by atoms with Gasteiger partial charge in [0.1, 0.15) is 0 Å². The van der Waals surface area contributed by atoms with E-state index in [-0.39, 0.29) is 11.9 Å². The second-order valence-electron chi connectivity index (χ2n) is 9.11. The van der Waals surface area contributed by atoms with E-state index < -0.39 is 0 Å². The van der Waals surface area contributed by atoms with Gasteiger partial charge >= 0.3 is 6.03 Å². The third-order valence-corrected chi connectivity index (χ3v) is 6.54. The number of carbonyl (C=O) groups excluding carboxylic acids is 2. The van der Waals surface area contributed by atoms with Gasteiger partial charge in [0, 0.05) is 36.7 Å². The van der Waals surface area contributed by atoms with Gasteiger partial charge in [0.2, 0.25) is 0 Å². The molecule has 3 amide bonds. The van der Waals surface area contributed by atoms with Crippen LogP contribution in [0.15, 0.2) is 103 Å². The van der Waals surface area contributed by atoms with Crippen LogP contribution in [-0.4, -0.2) is 25.0 Å². The Bertz CT molecular complexity index is 1370. The Morgan fingerprint density at radius 2 is 1.41 bits per heavy atom. The van der Waals surface area contributed by atoms with E-state index in [0.29, 0.717) is 23.5 Å². The molecule has 0 saturated heterocycles. The average Bonchev–Trinajstić information content (AvgIpc) is 2.94. The SMILES string of the molecule is O=C(Nc1ccccc1)Nc1ccc(N2CCc3ccccc3C2)c(C(=O)NCCc2ccccc2)c1. The zero-order valence-corrected chi connectivity index (χ0v) is 20.6. The number of urea groups is 1. The molecule has 5 rings (SSSR count). The lowest BCUT2D eigenvalue weighted by Crippen LogP contribution is -2.33. The smallest absolute Gasteiger partial charge is 0.323 e. The van der Waals surface area contributed by atoms with E-state index in [0.717, 1.165) is 31.6 Å². The minimum absolute atomic E-state index is 0.156. The Labute approximate surface area is 217 Å². The van der Waals surface area contributed by atoms with Crippen molar-refractivity contribution in [2.45, 2.75) is 19.4 Å². The van der Waals surface area contributed by atoms with Crippen LogP contribution in [0.2, 0.25) is 0 Å². The van der Waals surface area contributed by atoms with Crippen molar-refractivity contribution in [3.63, 3.8) is 0 Å². The molecule has 37 heavy (non-hydrogen) atoms. The number of nitrogens with zero attached hydrogens (tertiary/aromatic N) is 1. The summed E-state index contributed by atoms with van der Waals surface area (Å²) in [5, 5.41) is 8.76. The molecule has 0 saturated carbocycles. The number of benzene rings is 4. The highest BCUT2D eigenvalue weighted by molar-refractivity contribution is 6.04. The molecular formula is C31H30N4O2. The van der Waals surface area contributed by atoms with Crippen molar-refractivity contribution in [2.24, 2.45) is 0 Å². The van der Waals surface area contributed by atoms with Crippen LogP contribution < -0.4 is 20.9 Å². The van der Waals surface area contributed by atoms with Gasteiger partial charge in [-0.1, -0.05) is 72.8 Å². The summed E-state index contributed by atoms with van der Waals surface area (Å²) < 4.78 is 0. The van der Waals surface area contributed by atoms with Gasteiger partial charge in [0.25, 0.3) is 5.91 Å². The van der Waals surface area contributed by atoms with Crippen molar-refractivity contribution < 1.29 is 9.59 Å². The van der Waals surface area contributed by atoms with Crippen LogP contribution in [0.5, 0.6) is 0 Å². The van der Waals surface area contributed by atoms with Gasteiger partial charge in [0.15, 0.2) is 0 Å². The standard InChI is InChI=1S/C31H30N4O2/c36-30(32-19-17-23-9-3-1-4-10-23)28-21-27(34-31(37)33-26-13-5-2-6-14-26)15-16-29(28)35-20-18-24-11-7-8-12-25(24)22-35/h1-16,21H,17-20,22H2,(H,32,36)(H2,33,34,37). The zero-order chi connectivity index (χ0) is 25.5. The number of anilines is 3. The Morgan fingerprint density at radius 3 is 2.19 bits per heavy atom. The van der Waals surface area contributed by atoms with Crippen LogP contribution in [0, 0.1) is 0 Å². The topological polar surface area (TPSA) is 73.5 Å². The molecule has 186 valence electrons. The van der Waals surface area contributed by atoms with Crippen molar-refractivity contribution in [1.29, 1.82) is 0 Å². The maximum atomic E-state index is 13.4. The number of rotatable bonds is 7. The first-order valence-corrected chi connectivity index (χ1v) is 12.6. The highest BCUT2D eigenvalue weighted by atomic mass is 16.2. The molecule has 0 fully saturated rings. The Kier molecular flexibility index (Phi) is 7.46. The van der Waals surface area contributed by atoms with Gasteiger partial charge in [-0.2, -0.15) is 0 Å². The monoisotopic (exact) mass is 490 g/mol. The molecule has 4 aromatic rings. The predicted octanol–water partition coefficient (Wildman–Crippen LogP) is 5.87. The Balaban J connectivity index is 1.35. The van der Waals surface area contributed by atoms with E-state index in [1.807, 2.05) is 60.7 Å². The fourth-order valence-electron chi connectivity index (χ4n) is 4.65. The summed E-state index contributed by atoms with van der Waals surface area (Å²) in [5.41, 5.74) is 6.46.